The number of H-pyrrole nitrogens is 1. The van der Waals surface area contributed by atoms with Crippen LogP contribution in [0.25, 0.3) is 0 Å². The van der Waals surface area contributed by atoms with Gasteiger partial charge in [-0.1, -0.05) is 0 Å². The summed E-state index contributed by atoms with van der Waals surface area (Å²) in [6.07, 6.45) is -2.54. The van der Waals surface area contributed by atoms with Crippen LogP contribution in [0.3, 0.4) is 0 Å². The molecule has 16 nitrogen and oxygen atoms in total. The molecule has 2 aliphatic rings. The van der Waals surface area contributed by atoms with Crippen molar-refractivity contribution in [3.05, 3.63) is 32.6 Å². The molecule has 0 amide bonds. The minimum absolute atomic E-state index is 0.0215. The Balaban J connectivity index is 1.80. The normalized spacial score (nSPS) is 31.8. The van der Waals surface area contributed by atoms with Gasteiger partial charge < -0.3 is 38.7 Å². The molecule has 32 heavy (non-hydrogen) atoms. The summed E-state index contributed by atoms with van der Waals surface area (Å²) in [7, 11) is -11.0. The molecule has 1 aromatic rings. The molecule has 2 saturated heterocycles. The van der Waals surface area contributed by atoms with Gasteiger partial charge in [0.1, 0.15) is 17.8 Å². The van der Waals surface area contributed by atoms with Crippen LogP contribution in [-0.2, 0) is 43.6 Å². The Morgan fingerprint density at radius 3 is 2.56 bits per heavy atom. The molecule has 20 heteroatoms. The summed E-state index contributed by atoms with van der Waals surface area (Å²) in [5.74, 6) is 0. The summed E-state index contributed by atoms with van der Waals surface area (Å²) in [5, 5.41) is 10.7. The van der Waals surface area contributed by atoms with Crippen molar-refractivity contribution in [3.8, 4) is 0 Å². The van der Waals surface area contributed by atoms with Crippen molar-refractivity contribution >= 4 is 34.2 Å². The number of aryl methyl sites for hydroxylation is 1. The first-order valence-corrected chi connectivity index (χ1v) is 14.2. The van der Waals surface area contributed by atoms with Crippen LogP contribution in [0, 0.1) is 6.92 Å². The van der Waals surface area contributed by atoms with Crippen molar-refractivity contribution < 1.29 is 56.4 Å². The predicted molar refractivity (Wildman–Crippen MR) is 106 cm³/mol. The van der Waals surface area contributed by atoms with Crippen molar-refractivity contribution in [2.75, 3.05) is 13.2 Å². The van der Waals surface area contributed by atoms with Gasteiger partial charge in [0.15, 0.2) is 6.23 Å². The van der Waals surface area contributed by atoms with E-state index < -0.39 is 64.3 Å². The second-order valence-corrected chi connectivity index (χ2v) is 12.8. The standard InChI is InChI=1S/C12H19N2O14P3S/c1-6-4-14(11(17)13-9(6)16)10-7-8(15)12(26-10,2-3-24-7)5-25-31(23,32)28-30(21,22)27-29(18,19)20/h4,7-8,10,15H,2-3,5H2,1H3,(H,21,22)(H,23,32)(H,13,16,17)(H2,18,19,20)/t7-,8+,10-,12-,31?/m1/s1. The van der Waals surface area contributed by atoms with E-state index in [4.69, 9.17) is 23.8 Å². The summed E-state index contributed by atoms with van der Waals surface area (Å²) in [6.45, 7) is -3.90. The SMILES string of the molecule is Cc1cn([C@@H]2O[C@@]3(COP(O)(=S)OP(=O)(O)OP(=O)(O)O)CCO[C@@H]2[C@@H]3O)c(=O)[nH]c1=O. The molecular weight excluding hydrogens is 521 g/mol. The molecule has 1 aromatic heterocycles. The van der Waals surface area contributed by atoms with Crippen LogP contribution in [0.5, 0.6) is 0 Å². The van der Waals surface area contributed by atoms with Crippen LogP contribution in [0.1, 0.15) is 18.2 Å². The van der Waals surface area contributed by atoms with Gasteiger partial charge in [-0.15, -0.1) is 0 Å². The number of nitrogens with zero attached hydrogens (tertiary/aromatic N) is 1. The molecule has 182 valence electrons. The molecule has 2 bridgehead atoms. The van der Waals surface area contributed by atoms with E-state index in [1.165, 1.54) is 13.1 Å². The van der Waals surface area contributed by atoms with Crippen molar-refractivity contribution in [2.24, 2.45) is 0 Å². The number of ether oxygens (including phenoxy) is 2. The number of aliphatic hydroxyl groups excluding tert-OH is 1. The molecule has 2 unspecified atom stereocenters. The minimum atomic E-state index is -5.52. The van der Waals surface area contributed by atoms with Crippen LogP contribution in [0.2, 0.25) is 0 Å². The van der Waals surface area contributed by atoms with Crippen molar-refractivity contribution in [2.45, 2.75) is 37.4 Å². The second-order valence-electron chi connectivity index (χ2n) is 6.95. The van der Waals surface area contributed by atoms with Gasteiger partial charge in [0.2, 0.25) is 0 Å². The zero-order chi connectivity index (χ0) is 24.1. The Morgan fingerprint density at radius 1 is 1.28 bits per heavy atom. The van der Waals surface area contributed by atoms with Crippen molar-refractivity contribution in [1.82, 2.24) is 9.55 Å². The minimum Gasteiger partial charge on any atom is -0.387 e. The molecule has 0 saturated carbocycles. The topological polar surface area (TPSA) is 236 Å². The smallest absolute Gasteiger partial charge is 0.387 e. The monoisotopic (exact) mass is 540 g/mol. The first-order chi connectivity index (χ1) is 14.5. The fourth-order valence-electron chi connectivity index (χ4n) is 3.26. The maximum absolute atomic E-state index is 12.2. The quantitative estimate of drug-likeness (QED) is 0.211. The van der Waals surface area contributed by atoms with Crippen LogP contribution in [-0.4, -0.2) is 65.3 Å². The Bertz CT molecular complexity index is 1150. The Labute approximate surface area is 183 Å². The average Bonchev–Trinajstić information content (AvgIpc) is 2.75. The van der Waals surface area contributed by atoms with E-state index in [1.807, 2.05) is 0 Å². The third kappa shape index (κ3) is 5.71. The highest BCUT2D eigenvalue weighted by molar-refractivity contribution is 8.08. The number of hydrogen-bond donors (Lipinski definition) is 6. The van der Waals surface area contributed by atoms with Crippen molar-refractivity contribution in [3.63, 3.8) is 0 Å². The fourth-order valence-corrected chi connectivity index (χ4v) is 7.25. The van der Waals surface area contributed by atoms with Crippen LogP contribution in [0.4, 0.5) is 0 Å². The highest BCUT2D eigenvalue weighted by atomic mass is 32.5. The molecule has 3 heterocycles. The lowest BCUT2D eigenvalue weighted by molar-refractivity contribution is -0.140. The fraction of sp³-hybridized carbons (Fsp3) is 0.667. The van der Waals surface area contributed by atoms with Crippen molar-refractivity contribution in [1.29, 1.82) is 0 Å². The number of fused-ring (bicyclic) bond motifs is 2. The van der Waals surface area contributed by atoms with Gasteiger partial charge in [-0.3, -0.25) is 14.3 Å². The lowest BCUT2D eigenvalue weighted by Gasteiger charge is -2.35. The number of aromatic amines is 1. The first-order valence-electron chi connectivity index (χ1n) is 8.62. The van der Waals surface area contributed by atoms with Gasteiger partial charge in [-0.05, 0) is 18.7 Å². The maximum atomic E-state index is 12.2. The number of rotatable bonds is 8. The maximum Gasteiger partial charge on any atom is 0.488 e. The molecule has 6 atom stereocenters. The number of nitrogens with one attached hydrogen (secondary N) is 1. The Morgan fingerprint density at radius 2 is 1.94 bits per heavy atom. The molecule has 2 fully saturated rings. The van der Waals surface area contributed by atoms with E-state index >= 15 is 0 Å². The second kappa shape index (κ2) is 8.87. The molecule has 0 aliphatic carbocycles. The zero-order valence-corrected chi connectivity index (χ0v) is 19.5. The van der Waals surface area contributed by atoms with E-state index in [2.05, 4.69) is 25.4 Å². The average molecular weight is 540 g/mol. The van der Waals surface area contributed by atoms with Crippen LogP contribution >= 0.6 is 22.4 Å². The van der Waals surface area contributed by atoms with Crippen LogP contribution in [0.15, 0.2) is 15.8 Å². The summed E-state index contributed by atoms with van der Waals surface area (Å²) >= 11 is 4.57. The third-order valence-corrected chi connectivity index (χ3v) is 9.33. The van der Waals surface area contributed by atoms with Gasteiger partial charge in [0.05, 0.1) is 13.2 Å². The number of phosphoric acid groups is 2. The summed E-state index contributed by atoms with van der Waals surface area (Å²) in [5.41, 5.74) is -2.89. The summed E-state index contributed by atoms with van der Waals surface area (Å²) < 4.78 is 47.4. The molecule has 2 aliphatic heterocycles. The highest BCUT2D eigenvalue weighted by Gasteiger charge is 2.59. The predicted octanol–water partition coefficient (Wildman–Crippen LogP) is -1.28. The summed E-state index contributed by atoms with van der Waals surface area (Å²) in [6, 6.07) is 0. The number of aromatic nitrogens is 2. The third-order valence-electron chi connectivity index (χ3n) is 4.63. The molecule has 6 N–H and O–H groups in total. The lowest BCUT2D eigenvalue weighted by Crippen LogP contribution is -2.51. The highest BCUT2D eigenvalue weighted by Crippen LogP contribution is 2.66. The number of hydrogen-bond acceptors (Lipinski definition) is 11. The zero-order valence-electron chi connectivity index (χ0n) is 16.0. The van der Waals surface area contributed by atoms with Gasteiger partial charge in [0.25, 0.3) is 5.56 Å². The van der Waals surface area contributed by atoms with Crippen LogP contribution < -0.4 is 11.2 Å². The van der Waals surface area contributed by atoms with E-state index in [-0.39, 0.29) is 18.6 Å². The van der Waals surface area contributed by atoms with Gasteiger partial charge in [-0.2, -0.15) is 4.31 Å². The van der Waals surface area contributed by atoms with E-state index in [0.717, 1.165) is 4.57 Å². The van der Waals surface area contributed by atoms with Gasteiger partial charge in [0, 0.05) is 18.2 Å². The molecular formula is C12H19N2O14P3S. The molecule has 0 aromatic carbocycles. The molecule has 0 spiro atoms. The molecule has 0 radical (unpaired) electrons. The van der Waals surface area contributed by atoms with Gasteiger partial charge in [-0.25, -0.2) is 18.2 Å². The first kappa shape index (κ1) is 26.0. The number of aliphatic hydroxyl groups is 1. The lowest BCUT2D eigenvalue weighted by atomic mass is 9.90. The largest absolute Gasteiger partial charge is 0.488 e. The Hall–Kier alpha value is -0.610. The van der Waals surface area contributed by atoms with E-state index in [9.17, 15) is 33.6 Å². The van der Waals surface area contributed by atoms with Gasteiger partial charge >= 0.3 is 28.1 Å². The Kier molecular flexibility index (Phi) is 7.21. The summed E-state index contributed by atoms with van der Waals surface area (Å²) in [4.78, 5) is 62.5. The van der Waals surface area contributed by atoms with E-state index in [0.29, 0.717) is 0 Å². The molecule has 3 rings (SSSR count). The van der Waals surface area contributed by atoms with E-state index in [1.54, 1.807) is 0 Å².